The van der Waals surface area contributed by atoms with Crippen molar-refractivity contribution in [2.45, 2.75) is 18.9 Å². The average molecular weight is 366 g/mol. The highest BCUT2D eigenvalue weighted by molar-refractivity contribution is 5.65. The molecular formula is C17H14N6O4. The van der Waals surface area contributed by atoms with Crippen LogP contribution in [0, 0.1) is 22.7 Å². The van der Waals surface area contributed by atoms with Gasteiger partial charge in [-0.2, -0.15) is 15.2 Å². The van der Waals surface area contributed by atoms with E-state index in [9.17, 15) is 14.9 Å². The van der Waals surface area contributed by atoms with Crippen LogP contribution in [0.5, 0.6) is 5.75 Å². The number of likely N-dealkylation sites (tertiary alicyclic amines) is 1. The molecule has 2 aromatic heterocycles. The van der Waals surface area contributed by atoms with Gasteiger partial charge in [-0.15, -0.1) is 5.10 Å². The maximum absolute atomic E-state index is 12.4. The highest BCUT2D eigenvalue weighted by Crippen LogP contribution is 2.20. The van der Waals surface area contributed by atoms with Crippen LogP contribution in [-0.4, -0.2) is 50.1 Å². The summed E-state index contributed by atoms with van der Waals surface area (Å²) in [6.07, 6.45) is 0.948. The van der Waals surface area contributed by atoms with Crippen LogP contribution in [0.15, 0.2) is 29.2 Å². The molecule has 0 bridgehead atoms. The Kier molecular flexibility index (Phi) is 4.99. The van der Waals surface area contributed by atoms with E-state index in [1.807, 2.05) is 12.1 Å². The SMILES string of the molecule is N#Cc1ccc(-n2nc(C#N)c(OC3CCN(C(=O)O)CC3)cc2=O)cn1. The van der Waals surface area contributed by atoms with Crippen LogP contribution in [0.4, 0.5) is 4.79 Å². The Hall–Kier alpha value is -3.92. The zero-order chi connectivity index (χ0) is 19.4. The highest BCUT2D eigenvalue weighted by Gasteiger charge is 2.25. The molecule has 10 heteroatoms. The molecule has 1 fully saturated rings. The van der Waals surface area contributed by atoms with Gasteiger partial charge in [0.1, 0.15) is 23.9 Å². The second-order valence-electron chi connectivity index (χ2n) is 5.82. The van der Waals surface area contributed by atoms with E-state index in [4.69, 9.17) is 15.1 Å². The molecule has 0 spiro atoms. The van der Waals surface area contributed by atoms with E-state index in [0.29, 0.717) is 31.6 Å². The zero-order valence-corrected chi connectivity index (χ0v) is 14.1. The number of piperidine rings is 1. The summed E-state index contributed by atoms with van der Waals surface area (Å²) in [5, 5.41) is 31.1. The third-order valence-corrected chi connectivity index (χ3v) is 4.12. The molecular weight excluding hydrogens is 352 g/mol. The Morgan fingerprint density at radius 3 is 2.56 bits per heavy atom. The Labute approximate surface area is 153 Å². The van der Waals surface area contributed by atoms with Gasteiger partial charge < -0.3 is 14.7 Å². The summed E-state index contributed by atoms with van der Waals surface area (Å²) in [5.41, 5.74) is -0.0742. The van der Waals surface area contributed by atoms with E-state index in [1.54, 1.807) is 0 Å². The van der Waals surface area contributed by atoms with Crippen molar-refractivity contribution < 1.29 is 14.6 Å². The quantitative estimate of drug-likeness (QED) is 0.843. The van der Waals surface area contributed by atoms with Crippen LogP contribution >= 0.6 is 0 Å². The number of nitriles is 2. The molecule has 1 aliphatic heterocycles. The standard InChI is InChI=1S/C17H14N6O4/c18-8-11-1-2-12(10-20-11)23-16(24)7-15(14(9-19)21-23)27-13-3-5-22(6-4-13)17(25)26/h1-2,7,10,13H,3-6H2,(H,25,26). The number of hydrogen-bond acceptors (Lipinski definition) is 7. The van der Waals surface area contributed by atoms with E-state index in [-0.39, 0.29) is 23.2 Å². The normalized spacial score (nSPS) is 14.2. The van der Waals surface area contributed by atoms with Crippen LogP contribution in [0.3, 0.4) is 0 Å². The minimum Gasteiger partial charge on any atom is -0.487 e. The number of amides is 1. The van der Waals surface area contributed by atoms with Gasteiger partial charge in [0.05, 0.1) is 18.0 Å². The van der Waals surface area contributed by atoms with Gasteiger partial charge in [0.25, 0.3) is 5.56 Å². The molecule has 27 heavy (non-hydrogen) atoms. The molecule has 3 heterocycles. The Balaban J connectivity index is 1.83. The first-order valence-corrected chi connectivity index (χ1v) is 8.07. The molecule has 1 aliphatic rings. The van der Waals surface area contributed by atoms with E-state index < -0.39 is 11.7 Å². The first-order chi connectivity index (χ1) is 13.0. The Morgan fingerprint density at radius 1 is 1.26 bits per heavy atom. The molecule has 1 N–H and O–H groups in total. The van der Waals surface area contributed by atoms with Gasteiger partial charge in [0.15, 0.2) is 5.75 Å². The van der Waals surface area contributed by atoms with Crippen molar-refractivity contribution in [3.8, 4) is 23.6 Å². The Morgan fingerprint density at radius 2 is 2.00 bits per heavy atom. The number of aromatic nitrogens is 3. The number of carboxylic acid groups (broad SMARTS) is 1. The summed E-state index contributed by atoms with van der Waals surface area (Å²) in [5.74, 6) is 0.0640. The summed E-state index contributed by atoms with van der Waals surface area (Å²) < 4.78 is 6.74. The van der Waals surface area contributed by atoms with Crippen LogP contribution < -0.4 is 10.3 Å². The molecule has 0 unspecified atom stereocenters. The van der Waals surface area contributed by atoms with Gasteiger partial charge >= 0.3 is 6.09 Å². The minimum absolute atomic E-state index is 0.0640. The highest BCUT2D eigenvalue weighted by atomic mass is 16.5. The van der Waals surface area contributed by atoms with Gasteiger partial charge in [0, 0.05) is 25.9 Å². The van der Waals surface area contributed by atoms with Gasteiger partial charge in [0.2, 0.25) is 5.69 Å². The van der Waals surface area contributed by atoms with Crippen molar-refractivity contribution in [2.75, 3.05) is 13.1 Å². The number of nitrogens with zero attached hydrogens (tertiary/aromatic N) is 6. The van der Waals surface area contributed by atoms with Crippen molar-refractivity contribution in [3.05, 3.63) is 46.1 Å². The first-order valence-electron chi connectivity index (χ1n) is 8.07. The maximum atomic E-state index is 12.4. The number of pyridine rings is 1. The van der Waals surface area contributed by atoms with Crippen molar-refractivity contribution in [1.82, 2.24) is 19.7 Å². The zero-order valence-electron chi connectivity index (χ0n) is 14.1. The largest absolute Gasteiger partial charge is 0.487 e. The molecule has 3 rings (SSSR count). The van der Waals surface area contributed by atoms with Gasteiger partial charge in [-0.25, -0.2) is 9.78 Å². The maximum Gasteiger partial charge on any atom is 0.407 e. The first kappa shape index (κ1) is 17.9. The fraction of sp³-hybridized carbons (Fsp3) is 0.294. The summed E-state index contributed by atoms with van der Waals surface area (Å²) in [7, 11) is 0. The molecule has 0 aromatic carbocycles. The minimum atomic E-state index is -0.980. The third-order valence-electron chi connectivity index (χ3n) is 4.12. The van der Waals surface area contributed by atoms with Crippen LogP contribution in [-0.2, 0) is 0 Å². The number of ether oxygens (including phenoxy) is 1. The summed E-state index contributed by atoms with van der Waals surface area (Å²) in [6, 6.07) is 7.89. The fourth-order valence-corrected chi connectivity index (χ4v) is 2.71. The third kappa shape index (κ3) is 3.85. The number of carbonyl (C=O) groups is 1. The lowest BCUT2D eigenvalue weighted by Gasteiger charge is -2.30. The van der Waals surface area contributed by atoms with Crippen LogP contribution in [0.25, 0.3) is 5.69 Å². The van der Waals surface area contributed by atoms with Gasteiger partial charge in [-0.3, -0.25) is 4.79 Å². The second-order valence-corrected chi connectivity index (χ2v) is 5.82. The smallest absolute Gasteiger partial charge is 0.407 e. The van der Waals surface area contributed by atoms with Crippen LogP contribution in [0.1, 0.15) is 24.2 Å². The molecule has 0 radical (unpaired) electrons. The van der Waals surface area contributed by atoms with E-state index in [2.05, 4.69) is 10.1 Å². The van der Waals surface area contributed by atoms with Gasteiger partial charge in [-0.1, -0.05) is 0 Å². The summed E-state index contributed by atoms with van der Waals surface area (Å²) in [6.45, 7) is 0.645. The number of rotatable bonds is 3. The molecule has 1 saturated heterocycles. The molecule has 136 valence electrons. The predicted molar refractivity (Wildman–Crippen MR) is 90.3 cm³/mol. The van der Waals surface area contributed by atoms with Crippen molar-refractivity contribution >= 4 is 6.09 Å². The lowest BCUT2D eigenvalue weighted by molar-refractivity contribution is 0.0889. The molecule has 0 saturated carbocycles. The van der Waals surface area contributed by atoms with Crippen molar-refractivity contribution in [2.24, 2.45) is 0 Å². The topological polar surface area (TPSA) is 145 Å². The number of hydrogen-bond donors (Lipinski definition) is 1. The summed E-state index contributed by atoms with van der Waals surface area (Å²) in [4.78, 5) is 28.5. The van der Waals surface area contributed by atoms with E-state index in [1.165, 1.54) is 29.3 Å². The van der Waals surface area contributed by atoms with Crippen LogP contribution in [0.2, 0.25) is 0 Å². The molecule has 1 amide bonds. The van der Waals surface area contributed by atoms with E-state index >= 15 is 0 Å². The summed E-state index contributed by atoms with van der Waals surface area (Å²) >= 11 is 0. The lowest BCUT2D eigenvalue weighted by Crippen LogP contribution is -2.41. The molecule has 0 aliphatic carbocycles. The lowest BCUT2D eigenvalue weighted by atomic mass is 10.1. The fourth-order valence-electron chi connectivity index (χ4n) is 2.71. The molecule has 2 aromatic rings. The van der Waals surface area contributed by atoms with Gasteiger partial charge in [-0.05, 0) is 12.1 Å². The predicted octanol–water partition coefficient (Wildman–Crippen LogP) is 0.892. The second kappa shape index (κ2) is 7.54. The van der Waals surface area contributed by atoms with Crippen molar-refractivity contribution in [1.29, 1.82) is 10.5 Å². The Bertz CT molecular complexity index is 994. The molecule has 0 atom stereocenters. The monoisotopic (exact) mass is 366 g/mol. The molecule has 10 nitrogen and oxygen atoms in total. The van der Waals surface area contributed by atoms with Crippen molar-refractivity contribution in [3.63, 3.8) is 0 Å². The van der Waals surface area contributed by atoms with E-state index in [0.717, 1.165) is 4.68 Å². The average Bonchev–Trinajstić information content (AvgIpc) is 2.69.